The smallest absolute Gasteiger partial charge is 0.338 e. The number of rotatable bonds is 19. The molecule has 0 amide bonds. The van der Waals surface area contributed by atoms with Crippen molar-refractivity contribution in [1.29, 1.82) is 0 Å². The van der Waals surface area contributed by atoms with Crippen LogP contribution >= 0.6 is 0 Å². The van der Waals surface area contributed by atoms with Crippen LogP contribution in [-0.4, -0.2) is 31.8 Å². The predicted octanol–water partition coefficient (Wildman–Crippen LogP) is 8.24. The van der Waals surface area contributed by atoms with Gasteiger partial charge in [-0.25, -0.2) is 4.79 Å². The molecule has 3 aromatic rings. The molecule has 0 N–H and O–H groups in total. The van der Waals surface area contributed by atoms with Crippen LogP contribution in [0.1, 0.15) is 86.0 Å². The van der Waals surface area contributed by atoms with Crippen LogP contribution in [0.2, 0.25) is 0 Å². The number of allylic oxidation sites excluding steroid dienone is 1. The van der Waals surface area contributed by atoms with E-state index in [4.69, 9.17) is 18.6 Å². The zero-order chi connectivity index (χ0) is 29.1. The second-order valence-electron chi connectivity index (χ2n) is 10.1. The molecule has 0 saturated carbocycles. The fourth-order valence-electron chi connectivity index (χ4n) is 4.67. The van der Waals surface area contributed by atoms with E-state index in [2.05, 4.69) is 18.2 Å². The Morgan fingerprint density at radius 3 is 2.41 bits per heavy atom. The standard InChI is InChI=1S/C35H44O6/c1-3-38-34(36)18-10-7-13-28(27-29-20-23-31(24-21-29)35(37)39-4-2)19-22-30-14-8-9-17-33(30)41-25-11-5-6-15-32-16-12-26-40-32/h8-9,12,14,16-17,19-24,26,28H,3-7,10-11,13,15,18,25,27H2,1-2H3. The predicted molar refractivity (Wildman–Crippen MR) is 162 cm³/mol. The lowest BCUT2D eigenvalue weighted by Gasteiger charge is -2.14. The number of furan rings is 1. The van der Waals surface area contributed by atoms with Gasteiger partial charge in [-0.2, -0.15) is 0 Å². The number of ether oxygens (including phenoxy) is 3. The lowest BCUT2D eigenvalue weighted by Crippen LogP contribution is -2.06. The van der Waals surface area contributed by atoms with Gasteiger partial charge in [0.1, 0.15) is 11.5 Å². The minimum absolute atomic E-state index is 0.138. The summed E-state index contributed by atoms with van der Waals surface area (Å²) in [5.41, 5.74) is 2.76. The van der Waals surface area contributed by atoms with Crippen LogP contribution in [0, 0.1) is 5.92 Å². The number of benzene rings is 2. The molecule has 6 heteroatoms. The molecule has 0 radical (unpaired) electrons. The van der Waals surface area contributed by atoms with E-state index in [1.807, 2.05) is 61.5 Å². The highest BCUT2D eigenvalue weighted by Crippen LogP contribution is 2.24. The summed E-state index contributed by atoms with van der Waals surface area (Å²) in [6.07, 6.45) is 14.2. The minimum Gasteiger partial charge on any atom is -0.493 e. The normalized spacial score (nSPS) is 11.9. The molecule has 1 aromatic heterocycles. The van der Waals surface area contributed by atoms with Crippen molar-refractivity contribution in [3.05, 3.63) is 95.5 Å². The van der Waals surface area contributed by atoms with Gasteiger partial charge in [-0.05, 0) is 94.2 Å². The maximum absolute atomic E-state index is 12.0. The fraction of sp³-hybridized carbons (Fsp3) is 0.429. The van der Waals surface area contributed by atoms with Gasteiger partial charge in [0.15, 0.2) is 0 Å². The van der Waals surface area contributed by atoms with Crippen molar-refractivity contribution in [3.63, 3.8) is 0 Å². The Balaban J connectivity index is 1.58. The highest BCUT2D eigenvalue weighted by Gasteiger charge is 2.11. The van der Waals surface area contributed by atoms with Crippen molar-refractivity contribution in [2.75, 3.05) is 19.8 Å². The molecule has 0 aliphatic carbocycles. The van der Waals surface area contributed by atoms with Gasteiger partial charge in [-0.3, -0.25) is 4.79 Å². The molecule has 0 aliphatic rings. The Bertz CT molecular complexity index is 1180. The van der Waals surface area contributed by atoms with E-state index in [0.717, 1.165) is 74.0 Å². The molecule has 2 aromatic carbocycles. The van der Waals surface area contributed by atoms with Crippen LogP contribution in [0.4, 0.5) is 0 Å². The molecular formula is C35H44O6. The largest absolute Gasteiger partial charge is 0.493 e. The first-order chi connectivity index (χ1) is 20.1. The first kappa shape index (κ1) is 31.7. The zero-order valence-electron chi connectivity index (χ0n) is 24.5. The highest BCUT2D eigenvalue weighted by atomic mass is 16.5. The van der Waals surface area contributed by atoms with Crippen molar-refractivity contribution in [3.8, 4) is 5.75 Å². The van der Waals surface area contributed by atoms with E-state index >= 15 is 0 Å². The maximum Gasteiger partial charge on any atom is 0.338 e. The Hall–Kier alpha value is -3.80. The summed E-state index contributed by atoms with van der Waals surface area (Å²) in [5.74, 6) is 1.74. The maximum atomic E-state index is 12.0. The summed E-state index contributed by atoms with van der Waals surface area (Å²) in [6.45, 7) is 5.08. The monoisotopic (exact) mass is 560 g/mol. The number of carbonyl (C=O) groups is 2. The summed E-state index contributed by atoms with van der Waals surface area (Å²) < 4.78 is 21.7. The minimum atomic E-state index is -0.302. The topological polar surface area (TPSA) is 75.0 Å². The molecular weight excluding hydrogens is 516 g/mol. The number of aryl methyl sites for hydroxylation is 1. The van der Waals surface area contributed by atoms with Gasteiger partial charge in [0.25, 0.3) is 0 Å². The van der Waals surface area contributed by atoms with E-state index in [1.165, 1.54) is 0 Å². The summed E-state index contributed by atoms with van der Waals surface area (Å²) in [7, 11) is 0. The summed E-state index contributed by atoms with van der Waals surface area (Å²) in [4.78, 5) is 23.8. The first-order valence-electron chi connectivity index (χ1n) is 14.9. The Morgan fingerprint density at radius 2 is 1.66 bits per heavy atom. The second kappa shape index (κ2) is 18.5. The van der Waals surface area contributed by atoms with Crippen LogP contribution < -0.4 is 4.74 Å². The quantitative estimate of drug-likeness (QED) is 0.109. The zero-order valence-corrected chi connectivity index (χ0v) is 24.5. The lowest BCUT2D eigenvalue weighted by atomic mass is 9.92. The summed E-state index contributed by atoms with van der Waals surface area (Å²) in [6, 6.07) is 19.7. The summed E-state index contributed by atoms with van der Waals surface area (Å²) in [5, 5.41) is 0. The van der Waals surface area contributed by atoms with Crippen molar-refractivity contribution >= 4 is 18.0 Å². The molecule has 0 fully saturated rings. The molecule has 1 heterocycles. The first-order valence-corrected chi connectivity index (χ1v) is 14.9. The molecule has 220 valence electrons. The fourth-order valence-corrected chi connectivity index (χ4v) is 4.67. The molecule has 41 heavy (non-hydrogen) atoms. The second-order valence-corrected chi connectivity index (χ2v) is 10.1. The Labute approximate surface area is 244 Å². The Morgan fingerprint density at radius 1 is 0.854 bits per heavy atom. The van der Waals surface area contributed by atoms with Gasteiger partial charge < -0.3 is 18.6 Å². The Kier molecular flexibility index (Phi) is 14.3. The van der Waals surface area contributed by atoms with E-state index in [-0.39, 0.29) is 17.9 Å². The van der Waals surface area contributed by atoms with E-state index in [1.54, 1.807) is 13.2 Å². The number of para-hydroxylation sites is 1. The molecule has 0 aliphatic heterocycles. The third-order valence-electron chi connectivity index (χ3n) is 6.85. The number of hydrogen-bond acceptors (Lipinski definition) is 6. The van der Waals surface area contributed by atoms with Gasteiger partial charge in [0.05, 0.1) is 31.6 Å². The van der Waals surface area contributed by atoms with Crippen molar-refractivity contribution < 1.29 is 28.2 Å². The third-order valence-corrected chi connectivity index (χ3v) is 6.85. The number of carbonyl (C=O) groups excluding carboxylic acids is 2. The van der Waals surface area contributed by atoms with Crippen LogP contribution in [0.15, 0.2) is 77.4 Å². The number of unbranched alkanes of at least 4 members (excludes halogenated alkanes) is 3. The molecule has 6 nitrogen and oxygen atoms in total. The SMILES string of the molecule is CCOC(=O)CCCCC(C=Cc1ccccc1OCCCCCc1ccco1)Cc1ccc(C(=O)OCC)cc1. The van der Waals surface area contributed by atoms with E-state index in [9.17, 15) is 9.59 Å². The average Bonchev–Trinajstić information content (AvgIpc) is 3.50. The molecule has 3 rings (SSSR count). The van der Waals surface area contributed by atoms with Gasteiger partial charge in [-0.15, -0.1) is 0 Å². The lowest BCUT2D eigenvalue weighted by molar-refractivity contribution is -0.143. The van der Waals surface area contributed by atoms with Gasteiger partial charge in [0, 0.05) is 18.4 Å². The third kappa shape index (κ3) is 12.1. The van der Waals surface area contributed by atoms with Crippen LogP contribution in [-0.2, 0) is 27.1 Å². The molecule has 0 spiro atoms. The van der Waals surface area contributed by atoms with Crippen molar-refractivity contribution in [2.24, 2.45) is 5.92 Å². The van der Waals surface area contributed by atoms with Crippen LogP contribution in [0.3, 0.4) is 0 Å². The van der Waals surface area contributed by atoms with Crippen molar-refractivity contribution in [2.45, 2.75) is 71.6 Å². The molecule has 1 atom stereocenters. The number of esters is 2. The number of hydrogen-bond donors (Lipinski definition) is 0. The van der Waals surface area contributed by atoms with E-state index in [0.29, 0.717) is 31.8 Å². The highest BCUT2D eigenvalue weighted by molar-refractivity contribution is 5.89. The van der Waals surface area contributed by atoms with Gasteiger partial charge in [0.2, 0.25) is 0 Å². The van der Waals surface area contributed by atoms with Crippen LogP contribution in [0.25, 0.3) is 6.08 Å². The van der Waals surface area contributed by atoms with E-state index < -0.39 is 0 Å². The molecule has 0 bridgehead atoms. The average molecular weight is 561 g/mol. The summed E-state index contributed by atoms with van der Waals surface area (Å²) >= 11 is 0. The van der Waals surface area contributed by atoms with Crippen molar-refractivity contribution in [1.82, 2.24) is 0 Å². The molecule has 0 saturated heterocycles. The van der Waals surface area contributed by atoms with Gasteiger partial charge >= 0.3 is 11.9 Å². The van der Waals surface area contributed by atoms with Gasteiger partial charge in [-0.1, -0.05) is 48.9 Å². The molecule has 1 unspecified atom stereocenters. The van der Waals surface area contributed by atoms with Crippen LogP contribution in [0.5, 0.6) is 5.75 Å².